The molecule has 0 heteroatoms. The summed E-state index contributed by atoms with van der Waals surface area (Å²) in [5.41, 5.74) is 2.68. The van der Waals surface area contributed by atoms with Gasteiger partial charge in [0.2, 0.25) is 0 Å². The van der Waals surface area contributed by atoms with Crippen LogP contribution < -0.4 is 0 Å². The zero-order chi connectivity index (χ0) is 6.69. The first-order valence-corrected chi connectivity index (χ1v) is 3.30. The lowest BCUT2D eigenvalue weighted by Gasteiger charge is -1.95. The van der Waals surface area contributed by atoms with Crippen LogP contribution in [0.1, 0.15) is 20.3 Å². The second-order valence-corrected chi connectivity index (χ2v) is 2.22. The Morgan fingerprint density at radius 2 is 2.44 bits per heavy atom. The first-order chi connectivity index (χ1) is 4.34. The third-order valence-electron chi connectivity index (χ3n) is 1.59. The van der Waals surface area contributed by atoms with E-state index in [1.54, 1.807) is 0 Å². The molecule has 0 atom stereocenters. The van der Waals surface area contributed by atoms with E-state index in [9.17, 15) is 0 Å². The number of hydrogen-bond donors (Lipinski definition) is 0. The van der Waals surface area contributed by atoms with Crippen LogP contribution in [0.5, 0.6) is 0 Å². The predicted molar refractivity (Wildman–Crippen MR) is 39.9 cm³/mol. The molecule has 0 aromatic rings. The third kappa shape index (κ3) is 1.32. The monoisotopic (exact) mass is 119 g/mol. The van der Waals surface area contributed by atoms with Crippen molar-refractivity contribution in [1.29, 1.82) is 0 Å². The number of allylic oxidation sites excluding steroid dienone is 6. The van der Waals surface area contributed by atoms with Crippen molar-refractivity contribution in [3.05, 3.63) is 35.5 Å². The summed E-state index contributed by atoms with van der Waals surface area (Å²) in [5, 5.41) is 0. The molecule has 0 bridgehead atoms. The van der Waals surface area contributed by atoms with Crippen LogP contribution in [0.4, 0.5) is 0 Å². The lowest BCUT2D eigenvalue weighted by molar-refractivity contribution is 1.08. The van der Waals surface area contributed by atoms with E-state index in [0.29, 0.717) is 0 Å². The fraction of sp³-hybridized carbons (Fsp3) is 0.333. The Bertz CT molecular complexity index is 166. The van der Waals surface area contributed by atoms with Crippen molar-refractivity contribution in [2.45, 2.75) is 20.3 Å². The van der Waals surface area contributed by atoms with Crippen molar-refractivity contribution in [2.75, 3.05) is 0 Å². The van der Waals surface area contributed by atoms with Crippen molar-refractivity contribution < 1.29 is 0 Å². The van der Waals surface area contributed by atoms with Crippen LogP contribution in [-0.2, 0) is 0 Å². The summed E-state index contributed by atoms with van der Waals surface area (Å²) in [4.78, 5) is 0. The van der Waals surface area contributed by atoms with E-state index in [-0.39, 0.29) is 0 Å². The molecular weight excluding hydrogens is 108 g/mol. The van der Waals surface area contributed by atoms with Gasteiger partial charge in [-0.05, 0) is 25.0 Å². The highest BCUT2D eigenvalue weighted by atomic mass is 14.0. The molecule has 0 fully saturated rings. The Morgan fingerprint density at radius 1 is 1.67 bits per heavy atom. The van der Waals surface area contributed by atoms with Crippen LogP contribution in [0, 0.1) is 6.08 Å². The molecule has 1 aliphatic carbocycles. The summed E-state index contributed by atoms with van der Waals surface area (Å²) in [6, 6.07) is 0. The second kappa shape index (κ2) is 2.67. The van der Waals surface area contributed by atoms with Gasteiger partial charge in [0.05, 0.1) is 0 Å². The zero-order valence-corrected chi connectivity index (χ0v) is 5.94. The normalized spacial score (nSPS) is 21.1. The maximum absolute atomic E-state index is 3.15. The van der Waals surface area contributed by atoms with Crippen LogP contribution in [0.15, 0.2) is 29.4 Å². The molecule has 0 N–H and O–H groups in total. The maximum Gasteiger partial charge on any atom is -0.0106 e. The summed E-state index contributed by atoms with van der Waals surface area (Å²) in [6.45, 7) is 4.31. The Kier molecular flexibility index (Phi) is 1.88. The van der Waals surface area contributed by atoms with Crippen molar-refractivity contribution >= 4 is 0 Å². The Morgan fingerprint density at radius 3 is 2.89 bits per heavy atom. The molecule has 0 unspecified atom stereocenters. The molecule has 0 aromatic carbocycles. The minimum Gasteiger partial charge on any atom is -0.0657 e. The highest BCUT2D eigenvalue weighted by Gasteiger charge is 1.95. The predicted octanol–water partition coefficient (Wildman–Crippen LogP) is 2.64. The first kappa shape index (κ1) is 6.34. The molecule has 0 heterocycles. The van der Waals surface area contributed by atoms with E-state index < -0.39 is 0 Å². The highest BCUT2D eigenvalue weighted by molar-refractivity contribution is 5.38. The first-order valence-electron chi connectivity index (χ1n) is 3.30. The maximum atomic E-state index is 3.15. The SMILES string of the molecule is CC/C(C)=C1/[C]=CC=C1. The highest BCUT2D eigenvalue weighted by Crippen LogP contribution is 2.13. The fourth-order valence-corrected chi connectivity index (χ4v) is 0.786. The second-order valence-electron chi connectivity index (χ2n) is 2.22. The number of rotatable bonds is 1. The lowest BCUT2D eigenvalue weighted by Crippen LogP contribution is -1.76. The van der Waals surface area contributed by atoms with Crippen molar-refractivity contribution in [2.24, 2.45) is 0 Å². The molecule has 0 saturated carbocycles. The molecule has 0 aromatic heterocycles. The quantitative estimate of drug-likeness (QED) is 0.497. The summed E-state index contributed by atoms with van der Waals surface area (Å²) >= 11 is 0. The topological polar surface area (TPSA) is 0 Å². The Hall–Kier alpha value is -0.780. The van der Waals surface area contributed by atoms with Gasteiger partial charge in [0.25, 0.3) is 0 Å². The minimum absolute atomic E-state index is 1.13. The van der Waals surface area contributed by atoms with E-state index in [0.717, 1.165) is 6.42 Å². The zero-order valence-electron chi connectivity index (χ0n) is 5.94. The van der Waals surface area contributed by atoms with Gasteiger partial charge in [0.15, 0.2) is 0 Å². The van der Waals surface area contributed by atoms with E-state index >= 15 is 0 Å². The molecular formula is C9H11. The Balaban J connectivity index is 2.81. The molecule has 47 valence electrons. The Labute approximate surface area is 56.6 Å². The van der Waals surface area contributed by atoms with Crippen LogP contribution in [0.25, 0.3) is 0 Å². The summed E-state index contributed by atoms with van der Waals surface area (Å²) in [7, 11) is 0. The third-order valence-corrected chi connectivity index (χ3v) is 1.59. The number of hydrogen-bond acceptors (Lipinski definition) is 0. The molecule has 0 amide bonds. The summed E-state index contributed by atoms with van der Waals surface area (Å²) in [5.74, 6) is 0. The van der Waals surface area contributed by atoms with Gasteiger partial charge in [-0.3, -0.25) is 0 Å². The smallest absolute Gasteiger partial charge is 0.0106 e. The molecule has 1 radical (unpaired) electrons. The van der Waals surface area contributed by atoms with E-state index in [4.69, 9.17) is 0 Å². The molecule has 1 rings (SSSR count). The standard InChI is InChI=1S/C9H11/c1-3-8(2)9-6-4-5-7-9/h4-6H,3H2,1-2H3/b9-8+. The van der Waals surface area contributed by atoms with Crippen LogP contribution in [0.2, 0.25) is 0 Å². The van der Waals surface area contributed by atoms with Crippen LogP contribution in [0.3, 0.4) is 0 Å². The summed E-state index contributed by atoms with van der Waals surface area (Å²) in [6.07, 6.45) is 10.3. The largest absolute Gasteiger partial charge is 0.0657 e. The van der Waals surface area contributed by atoms with Crippen molar-refractivity contribution in [1.82, 2.24) is 0 Å². The van der Waals surface area contributed by atoms with Gasteiger partial charge in [-0.25, -0.2) is 0 Å². The fourth-order valence-electron chi connectivity index (χ4n) is 0.786. The van der Waals surface area contributed by atoms with Gasteiger partial charge in [-0.2, -0.15) is 0 Å². The molecule has 0 aliphatic heterocycles. The van der Waals surface area contributed by atoms with Crippen LogP contribution in [-0.4, -0.2) is 0 Å². The van der Waals surface area contributed by atoms with Gasteiger partial charge in [0, 0.05) is 0 Å². The van der Waals surface area contributed by atoms with Crippen molar-refractivity contribution in [3.8, 4) is 0 Å². The molecule has 0 saturated heterocycles. The lowest BCUT2D eigenvalue weighted by atomic mass is 10.1. The van der Waals surface area contributed by atoms with E-state index in [1.807, 2.05) is 12.2 Å². The van der Waals surface area contributed by atoms with E-state index in [2.05, 4.69) is 26.0 Å². The van der Waals surface area contributed by atoms with Crippen molar-refractivity contribution in [3.63, 3.8) is 0 Å². The van der Waals surface area contributed by atoms with Gasteiger partial charge in [0.1, 0.15) is 0 Å². The van der Waals surface area contributed by atoms with Gasteiger partial charge >= 0.3 is 0 Å². The van der Waals surface area contributed by atoms with Gasteiger partial charge in [-0.1, -0.05) is 30.7 Å². The minimum atomic E-state index is 1.13. The molecule has 1 aliphatic rings. The molecule has 9 heavy (non-hydrogen) atoms. The average Bonchev–Trinajstić information content (AvgIpc) is 2.37. The summed E-state index contributed by atoms with van der Waals surface area (Å²) < 4.78 is 0. The molecule has 0 spiro atoms. The average molecular weight is 119 g/mol. The van der Waals surface area contributed by atoms with Crippen LogP contribution >= 0.6 is 0 Å². The van der Waals surface area contributed by atoms with Gasteiger partial charge in [-0.15, -0.1) is 0 Å². The van der Waals surface area contributed by atoms with Gasteiger partial charge < -0.3 is 0 Å². The van der Waals surface area contributed by atoms with E-state index in [1.165, 1.54) is 11.1 Å². The molecule has 0 nitrogen and oxygen atoms in total.